The zero-order chi connectivity index (χ0) is 19.7. The number of rotatable bonds is 4. The van der Waals surface area contributed by atoms with Gasteiger partial charge in [0.2, 0.25) is 0 Å². The molecule has 1 nitrogen and oxygen atoms in total. The average Bonchev–Trinajstić information content (AvgIpc) is 2.71. The number of alkyl halides is 1. The highest BCUT2D eigenvalue weighted by Gasteiger charge is 2.28. The number of halogens is 2. The normalized spacial score (nSPS) is 18.6. The number of unbranched alkanes of at least 4 members (excludes halogenated alkanes) is 1. The Labute approximate surface area is 164 Å². The molecule has 0 aliphatic heterocycles. The summed E-state index contributed by atoms with van der Waals surface area (Å²) in [7, 11) is 0. The Morgan fingerprint density at radius 2 is 1.82 bits per heavy atom. The first kappa shape index (κ1) is 18.6. The number of fused-ring (bicyclic) bond motifs is 3. The molecule has 0 amide bonds. The van der Waals surface area contributed by atoms with Gasteiger partial charge < -0.3 is 0 Å². The summed E-state index contributed by atoms with van der Waals surface area (Å²) in [6, 6.07) is 16.7. The molecule has 0 fully saturated rings. The topological polar surface area (TPSA) is 23.8 Å². The van der Waals surface area contributed by atoms with E-state index in [1.165, 1.54) is 17.7 Å². The van der Waals surface area contributed by atoms with Gasteiger partial charge in [-0.05, 0) is 70.0 Å². The van der Waals surface area contributed by atoms with Gasteiger partial charge in [0.25, 0.3) is 0 Å². The maximum atomic E-state index is 14.8. The Morgan fingerprint density at radius 3 is 2.57 bits per heavy atom. The minimum atomic E-state index is -0.781. The number of nitriles is 1. The Morgan fingerprint density at radius 1 is 1.04 bits per heavy atom. The minimum absolute atomic E-state index is 0.0465. The summed E-state index contributed by atoms with van der Waals surface area (Å²) in [4.78, 5) is 0. The first-order valence-corrected chi connectivity index (χ1v) is 9.99. The van der Waals surface area contributed by atoms with E-state index >= 15 is 0 Å². The molecule has 3 aromatic rings. The Balaban J connectivity index is 1.70. The predicted molar refractivity (Wildman–Crippen MR) is 109 cm³/mol. The van der Waals surface area contributed by atoms with Crippen LogP contribution in [0.25, 0.3) is 21.9 Å². The second-order valence-electron chi connectivity index (χ2n) is 7.77. The molecule has 28 heavy (non-hydrogen) atoms. The van der Waals surface area contributed by atoms with Gasteiger partial charge in [-0.1, -0.05) is 50.1 Å². The van der Waals surface area contributed by atoms with Crippen molar-refractivity contribution in [1.29, 1.82) is 5.26 Å². The van der Waals surface area contributed by atoms with E-state index in [9.17, 15) is 8.78 Å². The second-order valence-corrected chi connectivity index (χ2v) is 7.77. The summed E-state index contributed by atoms with van der Waals surface area (Å²) in [5, 5.41) is 11.0. The van der Waals surface area contributed by atoms with Crippen LogP contribution in [0, 0.1) is 23.1 Å². The van der Waals surface area contributed by atoms with Crippen LogP contribution >= 0.6 is 0 Å². The van der Waals surface area contributed by atoms with Gasteiger partial charge in [-0.25, -0.2) is 8.78 Å². The van der Waals surface area contributed by atoms with Gasteiger partial charge in [0, 0.05) is 6.42 Å². The van der Waals surface area contributed by atoms with Crippen molar-refractivity contribution in [3.63, 3.8) is 0 Å². The summed E-state index contributed by atoms with van der Waals surface area (Å²) in [6.45, 7) is 2.15. The smallest absolute Gasteiger partial charge is 0.141 e. The monoisotopic (exact) mass is 375 g/mol. The third-order valence-electron chi connectivity index (χ3n) is 5.97. The molecule has 4 rings (SSSR count). The van der Waals surface area contributed by atoms with Crippen molar-refractivity contribution in [3.8, 4) is 17.2 Å². The van der Waals surface area contributed by atoms with E-state index < -0.39 is 12.0 Å². The molecule has 0 radical (unpaired) electrons. The van der Waals surface area contributed by atoms with Crippen LogP contribution in [0.4, 0.5) is 8.78 Å². The summed E-state index contributed by atoms with van der Waals surface area (Å²) in [6.07, 6.45) is 3.65. The van der Waals surface area contributed by atoms with E-state index in [0.717, 1.165) is 53.1 Å². The first-order valence-electron chi connectivity index (χ1n) is 9.99. The molecule has 1 aliphatic rings. The van der Waals surface area contributed by atoms with Crippen LogP contribution in [0.2, 0.25) is 0 Å². The zero-order valence-corrected chi connectivity index (χ0v) is 16.0. The Kier molecular flexibility index (Phi) is 5.13. The lowest BCUT2D eigenvalue weighted by molar-refractivity contribution is 0.200. The van der Waals surface area contributed by atoms with Crippen molar-refractivity contribution < 1.29 is 8.78 Å². The molecule has 2 atom stereocenters. The van der Waals surface area contributed by atoms with Crippen molar-refractivity contribution in [2.45, 2.75) is 45.2 Å². The third kappa shape index (κ3) is 3.40. The quantitative estimate of drug-likeness (QED) is 0.494. The number of hydrogen-bond donors (Lipinski definition) is 0. The average molecular weight is 375 g/mol. The van der Waals surface area contributed by atoms with Crippen molar-refractivity contribution in [2.24, 2.45) is 5.92 Å². The maximum absolute atomic E-state index is 14.8. The van der Waals surface area contributed by atoms with Crippen LogP contribution in [0.1, 0.15) is 42.9 Å². The van der Waals surface area contributed by atoms with E-state index in [1.807, 2.05) is 24.3 Å². The van der Waals surface area contributed by atoms with Crippen LogP contribution in [-0.4, -0.2) is 6.17 Å². The van der Waals surface area contributed by atoms with Gasteiger partial charge >= 0.3 is 0 Å². The zero-order valence-electron chi connectivity index (χ0n) is 16.0. The van der Waals surface area contributed by atoms with Gasteiger partial charge in [0.15, 0.2) is 0 Å². The summed E-state index contributed by atoms with van der Waals surface area (Å²) < 4.78 is 28.7. The largest absolute Gasteiger partial charge is 0.247 e. The van der Waals surface area contributed by atoms with E-state index in [2.05, 4.69) is 19.1 Å². The molecule has 0 unspecified atom stereocenters. The fourth-order valence-electron chi connectivity index (χ4n) is 4.36. The van der Waals surface area contributed by atoms with Crippen molar-refractivity contribution in [2.75, 3.05) is 0 Å². The predicted octanol–water partition coefficient (Wildman–Crippen LogP) is 6.76. The van der Waals surface area contributed by atoms with Gasteiger partial charge in [-0.15, -0.1) is 0 Å². The molecule has 0 aromatic heterocycles. The van der Waals surface area contributed by atoms with Crippen LogP contribution in [0.3, 0.4) is 0 Å². The van der Waals surface area contributed by atoms with E-state index in [1.54, 1.807) is 6.07 Å². The Hall–Kier alpha value is -2.73. The SMILES string of the molecule is CCCC[C@H]1Cc2ccc3cc(-c4ccc(C#N)c(F)c4)ccc3c2C[C@@H]1F. The minimum Gasteiger partial charge on any atom is -0.247 e. The molecule has 0 bridgehead atoms. The van der Waals surface area contributed by atoms with Gasteiger partial charge in [0.05, 0.1) is 5.56 Å². The van der Waals surface area contributed by atoms with Gasteiger partial charge in [0.1, 0.15) is 18.1 Å². The molecule has 0 heterocycles. The molecule has 3 heteroatoms. The molecule has 0 saturated heterocycles. The molecular weight excluding hydrogens is 352 g/mol. The van der Waals surface area contributed by atoms with Crippen LogP contribution in [-0.2, 0) is 12.8 Å². The highest BCUT2D eigenvalue weighted by atomic mass is 19.1. The molecular formula is C25H23F2N. The number of nitrogens with zero attached hydrogens (tertiary/aromatic N) is 1. The van der Waals surface area contributed by atoms with E-state index in [4.69, 9.17) is 5.26 Å². The lowest BCUT2D eigenvalue weighted by Gasteiger charge is -2.29. The maximum Gasteiger partial charge on any atom is 0.141 e. The lowest BCUT2D eigenvalue weighted by atomic mass is 9.78. The van der Waals surface area contributed by atoms with Crippen molar-refractivity contribution in [1.82, 2.24) is 0 Å². The van der Waals surface area contributed by atoms with Gasteiger partial charge in [-0.3, -0.25) is 0 Å². The molecule has 0 spiro atoms. The number of benzene rings is 3. The van der Waals surface area contributed by atoms with Crippen molar-refractivity contribution in [3.05, 3.63) is 71.0 Å². The third-order valence-corrected chi connectivity index (χ3v) is 5.97. The first-order chi connectivity index (χ1) is 13.6. The summed E-state index contributed by atoms with van der Waals surface area (Å²) in [5.74, 6) is -0.380. The molecule has 3 aromatic carbocycles. The van der Waals surface area contributed by atoms with Gasteiger partial charge in [-0.2, -0.15) is 5.26 Å². The summed E-state index contributed by atoms with van der Waals surface area (Å²) >= 11 is 0. The molecule has 142 valence electrons. The highest BCUT2D eigenvalue weighted by molar-refractivity contribution is 5.91. The van der Waals surface area contributed by atoms with Crippen LogP contribution in [0.5, 0.6) is 0 Å². The van der Waals surface area contributed by atoms with Crippen LogP contribution < -0.4 is 0 Å². The highest BCUT2D eigenvalue weighted by Crippen LogP contribution is 2.36. The number of hydrogen-bond acceptors (Lipinski definition) is 1. The Bertz CT molecular complexity index is 1060. The lowest BCUT2D eigenvalue weighted by Crippen LogP contribution is -2.27. The molecule has 0 saturated carbocycles. The van der Waals surface area contributed by atoms with Crippen molar-refractivity contribution >= 4 is 10.8 Å². The molecule has 0 N–H and O–H groups in total. The van der Waals surface area contributed by atoms with Crippen LogP contribution in [0.15, 0.2) is 48.5 Å². The van der Waals surface area contributed by atoms with E-state index in [-0.39, 0.29) is 11.5 Å². The fourth-order valence-corrected chi connectivity index (χ4v) is 4.36. The fraction of sp³-hybridized carbons (Fsp3) is 0.320. The second kappa shape index (κ2) is 7.72. The van der Waals surface area contributed by atoms with E-state index in [0.29, 0.717) is 6.42 Å². The molecule has 1 aliphatic carbocycles. The standard InChI is InChI=1S/C25H23F2N/c1-2-3-4-20-12-19-7-6-18-11-16(9-10-22(18)23(19)14-25(20)27)17-5-8-21(15-28)24(26)13-17/h5-11,13,20,25H,2-4,12,14H2,1H3/t20-,25-/m0/s1. The summed E-state index contributed by atoms with van der Waals surface area (Å²) in [5.41, 5.74) is 4.06.